The molecule has 0 atom stereocenters. The molecular formula is C10H4Cl2N4OS2. The van der Waals surface area contributed by atoms with Crippen LogP contribution in [0.25, 0.3) is 10.2 Å². The molecule has 0 unspecified atom stereocenters. The van der Waals surface area contributed by atoms with Crippen molar-refractivity contribution < 1.29 is 4.79 Å². The van der Waals surface area contributed by atoms with Crippen molar-refractivity contribution in [1.82, 2.24) is 15.2 Å². The molecule has 0 aliphatic rings. The molecule has 0 saturated carbocycles. The first-order valence-corrected chi connectivity index (χ1v) is 7.37. The fourth-order valence-corrected chi connectivity index (χ4v) is 3.26. The predicted molar refractivity (Wildman–Crippen MR) is 77.5 cm³/mol. The maximum Gasteiger partial charge on any atom is 0.288 e. The van der Waals surface area contributed by atoms with Crippen LogP contribution in [-0.4, -0.2) is 21.1 Å². The van der Waals surface area contributed by atoms with E-state index in [9.17, 15) is 4.79 Å². The summed E-state index contributed by atoms with van der Waals surface area (Å²) >= 11 is 13.9. The highest BCUT2D eigenvalue weighted by Gasteiger charge is 2.14. The first-order valence-electron chi connectivity index (χ1n) is 4.98. The number of rotatable bonds is 2. The molecule has 0 aliphatic carbocycles. The summed E-state index contributed by atoms with van der Waals surface area (Å²) in [7, 11) is 0. The van der Waals surface area contributed by atoms with E-state index in [2.05, 4.69) is 20.5 Å². The highest BCUT2D eigenvalue weighted by atomic mass is 35.5. The Kier molecular flexibility index (Phi) is 3.36. The summed E-state index contributed by atoms with van der Waals surface area (Å²) in [5.74, 6) is -0.380. The average molecular weight is 331 g/mol. The van der Waals surface area contributed by atoms with E-state index >= 15 is 0 Å². The third-order valence-corrected chi connectivity index (χ3v) is 4.35. The SMILES string of the molecule is O=C(Nc1nc2ccc(Cl)cc2s1)c1nnc(Cl)s1. The Hall–Kier alpha value is -1.28. The normalized spacial score (nSPS) is 10.8. The minimum atomic E-state index is -0.380. The van der Waals surface area contributed by atoms with Gasteiger partial charge in [0.1, 0.15) is 0 Å². The van der Waals surface area contributed by atoms with Gasteiger partial charge >= 0.3 is 0 Å². The van der Waals surface area contributed by atoms with E-state index in [1.807, 2.05) is 0 Å². The van der Waals surface area contributed by atoms with Gasteiger partial charge < -0.3 is 0 Å². The van der Waals surface area contributed by atoms with Crippen molar-refractivity contribution in [3.05, 3.63) is 32.7 Å². The molecule has 0 saturated heterocycles. The highest BCUT2D eigenvalue weighted by Crippen LogP contribution is 2.28. The van der Waals surface area contributed by atoms with Crippen molar-refractivity contribution in [1.29, 1.82) is 0 Å². The third-order valence-electron chi connectivity index (χ3n) is 2.17. The van der Waals surface area contributed by atoms with E-state index in [0.717, 1.165) is 21.6 Å². The Morgan fingerprint density at radius 3 is 2.79 bits per heavy atom. The molecule has 2 aromatic heterocycles. The zero-order chi connectivity index (χ0) is 13.4. The summed E-state index contributed by atoms with van der Waals surface area (Å²) in [6, 6.07) is 5.34. The summed E-state index contributed by atoms with van der Waals surface area (Å²) in [4.78, 5) is 16.1. The fourth-order valence-electron chi connectivity index (χ4n) is 1.40. The molecular weight excluding hydrogens is 327 g/mol. The molecule has 0 aliphatic heterocycles. The van der Waals surface area contributed by atoms with Crippen LogP contribution in [0.15, 0.2) is 18.2 Å². The third kappa shape index (κ3) is 2.69. The van der Waals surface area contributed by atoms with Crippen LogP contribution in [0.3, 0.4) is 0 Å². The Labute approximate surface area is 125 Å². The highest BCUT2D eigenvalue weighted by molar-refractivity contribution is 7.22. The van der Waals surface area contributed by atoms with Gasteiger partial charge in [0.2, 0.25) is 9.47 Å². The quantitative estimate of drug-likeness (QED) is 0.777. The fraction of sp³-hybridized carbons (Fsp3) is 0. The Bertz CT molecular complexity index is 770. The van der Waals surface area contributed by atoms with Crippen LogP contribution < -0.4 is 5.32 Å². The molecule has 0 bridgehead atoms. The average Bonchev–Trinajstić information content (AvgIpc) is 2.94. The van der Waals surface area contributed by atoms with E-state index in [0.29, 0.717) is 10.2 Å². The number of fused-ring (bicyclic) bond motifs is 1. The molecule has 1 aromatic carbocycles. The summed E-state index contributed by atoms with van der Waals surface area (Å²) in [6.07, 6.45) is 0. The molecule has 3 rings (SSSR count). The van der Waals surface area contributed by atoms with Crippen molar-refractivity contribution in [2.45, 2.75) is 0 Å². The summed E-state index contributed by atoms with van der Waals surface area (Å²) < 4.78 is 1.12. The predicted octanol–water partition coefficient (Wildman–Crippen LogP) is 3.71. The molecule has 9 heteroatoms. The van der Waals surface area contributed by atoms with Gasteiger partial charge in [-0.15, -0.1) is 10.2 Å². The Morgan fingerprint density at radius 1 is 1.21 bits per heavy atom. The summed E-state index contributed by atoms with van der Waals surface area (Å²) in [5, 5.41) is 11.2. The molecule has 0 spiro atoms. The number of anilines is 1. The smallest absolute Gasteiger partial charge is 0.288 e. The van der Waals surface area contributed by atoms with Crippen LogP contribution in [-0.2, 0) is 0 Å². The van der Waals surface area contributed by atoms with Gasteiger partial charge in [-0.05, 0) is 29.8 Å². The summed E-state index contributed by atoms with van der Waals surface area (Å²) in [6.45, 7) is 0. The van der Waals surface area contributed by atoms with Crippen molar-refractivity contribution in [3.8, 4) is 0 Å². The monoisotopic (exact) mass is 330 g/mol. The second-order valence-corrected chi connectivity index (χ2v) is 6.47. The Morgan fingerprint density at radius 2 is 2.05 bits per heavy atom. The van der Waals surface area contributed by atoms with Gasteiger partial charge in [0.25, 0.3) is 5.91 Å². The minimum Gasteiger partial charge on any atom is -0.296 e. The number of nitrogens with zero attached hydrogens (tertiary/aromatic N) is 3. The number of amides is 1. The van der Waals surface area contributed by atoms with Gasteiger partial charge in [0.15, 0.2) is 5.13 Å². The van der Waals surface area contributed by atoms with Gasteiger partial charge in [-0.1, -0.05) is 34.3 Å². The van der Waals surface area contributed by atoms with Gasteiger partial charge in [0, 0.05) is 5.02 Å². The van der Waals surface area contributed by atoms with Crippen LogP contribution in [0.5, 0.6) is 0 Å². The lowest BCUT2D eigenvalue weighted by Crippen LogP contribution is -2.11. The van der Waals surface area contributed by atoms with E-state index < -0.39 is 0 Å². The largest absolute Gasteiger partial charge is 0.296 e. The second kappa shape index (κ2) is 5.01. The number of hydrogen-bond donors (Lipinski definition) is 1. The van der Waals surface area contributed by atoms with Crippen LogP contribution in [0.4, 0.5) is 5.13 Å². The zero-order valence-electron chi connectivity index (χ0n) is 9.05. The number of carbonyl (C=O) groups excluding carboxylic acids is 1. The number of hydrogen-bond acceptors (Lipinski definition) is 6. The molecule has 3 aromatic rings. The maximum absolute atomic E-state index is 11.8. The van der Waals surface area contributed by atoms with Crippen molar-refractivity contribution in [2.75, 3.05) is 5.32 Å². The van der Waals surface area contributed by atoms with Crippen molar-refractivity contribution in [2.24, 2.45) is 0 Å². The van der Waals surface area contributed by atoms with E-state index in [1.54, 1.807) is 18.2 Å². The molecule has 19 heavy (non-hydrogen) atoms. The number of halogens is 2. The number of thiazole rings is 1. The lowest BCUT2D eigenvalue weighted by atomic mass is 10.3. The molecule has 5 nitrogen and oxygen atoms in total. The molecule has 1 amide bonds. The zero-order valence-corrected chi connectivity index (χ0v) is 12.2. The number of benzene rings is 1. The van der Waals surface area contributed by atoms with Crippen molar-refractivity contribution >= 4 is 67.1 Å². The van der Waals surface area contributed by atoms with E-state index in [1.165, 1.54) is 11.3 Å². The van der Waals surface area contributed by atoms with Crippen LogP contribution in [0.1, 0.15) is 9.80 Å². The number of carbonyl (C=O) groups is 1. The Balaban J connectivity index is 1.87. The van der Waals surface area contributed by atoms with E-state index in [-0.39, 0.29) is 15.4 Å². The topological polar surface area (TPSA) is 67.8 Å². The lowest BCUT2D eigenvalue weighted by Gasteiger charge is -1.95. The van der Waals surface area contributed by atoms with Gasteiger partial charge in [-0.25, -0.2) is 4.98 Å². The van der Waals surface area contributed by atoms with Gasteiger partial charge in [-0.3, -0.25) is 10.1 Å². The maximum atomic E-state index is 11.8. The molecule has 0 fully saturated rings. The lowest BCUT2D eigenvalue weighted by molar-refractivity contribution is 0.102. The van der Waals surface area contributed by atoms with Crippen LogP contribution >= 0.6 is 45.9 Å². The summed E-state index contributed by atoms with van der Waals surface area (Å²) in [5.41, 5.74) is 0.778. The first-order chi connectivity index (χ1) is 9.11. The van der Waals surface area contributed by atoms with Crippen LogP contribution in [0.2, 0.25) is 9.49 Å². The molecule has 1 N–H and O–H groups in total. The second-order valence-electron chi connectivity index (χ2n) is 3.45. The van der Waals surface area contributed by atoms with Gasteiger partial charge in [-0.2, -0.15) is 0 Å². The van der Waals surface area contributed by atoms with E-state index in [4.69, 9.17) is 23.2 Å². The molecule has 2 heterocycles. The minimum absolute atomic E-state index is 0.197. The first kappa shape index (κ1) is 12.7. The number of aromatic nitrogens is 3. The number of nitrogens with one attached hydrogen (secondary N) is 1. The van der Waals surface area contributed by atoms with Crippen LogP contribution in [0, 0.1) is 0 Å². The standard InChI is InChI=1S/C10H4Cl2N4OS2/c11-4-1-2-5-6(3-4)18-10(13-5)14-7(17)8-15-16-9(12)19-8/h1-3H,(H,13,14,17). The molecule has 0 radical (unpaired) electrons. The molecule has 96 valence electrons. The van der Waals surface area contributed by atoms with Gasteiger partial charge in [0.05, 0.1) is 10.2 Å². The van der Waals surface area contributed by atoms with Crippen molar-refractivity contribution in [3.63, 3.8) is 0 Å².